The van der Waals surface area contributed by atoms with E-state index in [4.69, 9.17) is 4.74 Å². The topological polar surface area (TPSA) is 93.6 Å². The molecule has 0 bridgehead atoms. The first-order chi connectivity index (χ1) is 20.0. The molecule has 41 heavy (non-hydrogen) atoms. The molecule has 2 heterocycles. The molecule has 0 saturated carbocycles. The van der Waals surface area contributed by atoms with Crippen LogP contribution in [0.2, 0.25) is 0 Å². The van der Waals surface area contributed by atoms with Crippen molar-refractivity contribution < 1.29 is 24.2 Å². The standard InChI is InChI=1S/C32H30N4O5/c37-30(38)28-21-33(31(39)35(24-12-3-1-4-13-24)25-14-5-2-6-15-25)19-20-34(28)32(40)36-26-16-8-7-11-23(26)22-41-29-18-10-9-17-27(29)36/h1-18,27-29H,19-22H2,(H,37,38)/t27?,28-,29?/m0/s1. The average molecular weight is 551 g/mol. The average Bonchev–Trinajstić information content (AvgIpc) is 3.18. The molecule has 4 amide bonds. The van der Waals surface area contributed by atoms with E-state index in [0.717, 1.165) is 5.56 Å². The lowest BCUT2D eigenvalue weighted by molar-refractivity contribution is -0.143. The third-order valence-electron chi connectivity index (χ3n) is 7.65. The molecule has 9 heteroatoms. The number of piperazine rings is 1. The van der Waals surface area contributed by atoms with Crippen molar-refractivity contribution in [3.63, 3.8) is 0 Å². The first kappa shape index (κ1) is 26.3. The Bertz CT molecular complexity index is 1450. The molecule has 0 radical (unpaired) electrons. The fraction of sp³-hybridized carbons (Fsp3) is 0.219. The molecule has 0 spiro atoms. The summed E-state index contributed by atoms with van der Waals surface area (Å²) in [6, 6.07) is 23.5. The lowest BCUT2D eigenvalue weighted by Crippen LogP contribution is -2.64. The van der Waals surface area contributed by atoms with E-state index >= 15 is 0 Å². The summed E-state index contributed by atoms with van der Waals surface area (Å²) in [4.78, 5) is 46.9. The van der Waals surface area contributed by atoms with Gasteiger partial charge in [-0.15, -0.1) is 0 Å². The number of amides is 4. The van der Waals surface area contributed by atoms with E-state index in [-0.39, 0.29) is 31.8 Å². The van der Waals surface area contributed by atoms with Crippen LogP contribution in [0.25, 0.3) is 0 Å². The summed E-state index contributed by atoms with van der Waals surface area (Å²) in [6.07, 6.45) is 7.19. The Labute approximate surface area is 238 Å². The molecule has 2 aliphatic heterocycles. The zero-order valence-corrected chi connectivity index (χ0v) is 22.3. The zero-order chi connectivity index (χ0) is 28.3. The summed E-state index contributed by atoms with van der Waals surface area (Å²) in [5.74, 6) is -1.17. The van der Waals surface area contributed by atoms with Crippen molar-refractivity contribution in [2.45, 2.75) is 24.8 Å². The number of urea groups is 2. The quantitative estimate of drug-likeness (QED) is 0.494. The van der Waals surface area contributed by atoms with E-state index in [9.17, 15) is 19.5 Å². The second kappa shape index (κ2) is 11.3. The molecule has 1 saturated heterocycles. The summed E-state index contributed by atoms with van der Waals surface area (Å²) < 4.78 is 6.11. The molecule has 0 aromatic heterocycles. The van der Waals surface area contributed by atoms with Crippen LogP contribution in [0.4, 0.5) is 26.7 Å². The van der Waals surface area contributed by atoms with Gasteiger partial charge in [-0.1, -0.05) is 78.9 Å². The largest absolute Gasteiger partial charge is 0.480 e. The number of carbonyl (C=O) groups excluding carboxylic acids is 2. The molecule has 3 aromatic rings. The van der Waals surface area contributed by atoms with Crippen LogP contribution in [-0.4, -0.2) is 70.8 Å². The maximum Gasteiger partial charge on any atom is 0.329 e. The molecule has 208 valence electrons. The number of benzene rings is 3. The van der Waals surface area contributed by atoms with Crippen molar-refractivity contribution >= 4 is 35.1 Å². The Morgan fingerprint density at radius 1 is 0.805 bits per heavy atom. The molecule has 1 aliphatic carbocycles. The maximum atomic E-state index is 14.3. The third-order valence-corrected chi connectivity index (χ3v) is 7.65. The first-order valence-corrected chi connectivity index (χ1v) is 13.6. The fourth-order valence-corrected chi connectivity index (χ4v) is 5.61. The number of hydrogen-bond acceptors (Lipinski definition) is 4. The summed E-state index contributed by atoms with van der Waals surface area (Å²) in [6.45, 7) is 0.431. The molecular weight excluding hydrogens is 520 g/mol. The van der Waals surface area contributed by atoms with Gasteiger partial charge in [0.25, 0.3) is 0 Å². The number of para-hydroxylation sites is 3. The predicted molar refractivity (Wildman–Crippen MR) is 155 cm³/mol. The number of carboxylic acid groups (broad SMARTS) is 1. The highest BCUT2D eigenvalue weighted by Gasteiger charge is 2.43. The van der Waals surface area contributed by atoms with Gasteiger partial charge >= 0.3 is 18.0 Å². The van der Waals surface area contributed by atoms with Crippen LogP contribution in [0.15, 0.2) is 109 Å². The Morgan fingerprint density at radius 3 is 2.12 bits per heavy atom. The van der Waals surface area contributed by atoms with Gasteiger partial charge in [-0.25, -0.2) is 14.4 Å². The van der Waals surface area contributed by atoms with E-state index in [2.05, 4.69) is 0 Å². The van der Waals surface area contributed by atoms with Crippen molar-refractivity contribution in [1.82, 2.24) is 9.80 Å². The van der Waals surface area contributed by atoms with Gasteiger partial charge in [0, 0.05) is 18.7 Å². The second-order valence-electron chi connectivity index (χ2n) is 10.1. The minimum absolute atomic E-state index is 0.0649. The van der Waals surface area contributed by atoms with Crippen LogP contribution in [0.3, 0.4) is 0 Å². The van der Waals surface area contributed by atoms with E-state index < -0.39 is 24.1 Å². The molecule has 2 unspecified atom stereocenters. The number of anilines is 3. The van der Waals surface area contributed by atoms with Crippen LogP contribution in [0, 0.1) is 0 Å². The number of fused-ring (bicyclic) bond motifs is 2. The van der Waals surface area contributed by atoms with Gasteiger partial charge in [-0.3, -0.25) is 9.80 Å². The number of rotatable bonds is 3. The highest BCUT2D eigenvalue weighted by Crippen LogP contribution is 2.34. The monoisotopic (exact) mass is 550 g/mol. The highest BCUT2D eigenvalue weighted by atomic mass is 16.5. The second-order valence-corrected chi connectivity index (χ2v) is 10.1. The lowest BCUT2D eigenvalue weighted by atomic mass is 10.0. The van der Waals surface area contributed by atoms with Gasteiger partial charge in [-0.2, -0.15) is 0 Å². The summed E-state index contributed by atoms with van der Waals surface area (Å²) in [7, 11) is 0. The van der Waals surface area contributed by atoms with E-state index in [0.29, 0.717) is 23.7 Å². The minimum Gasteiger partial charge on any atom is -0.480 e. The fourth-order valence-electron chi connectivity index (χ4n) is 5.61. The minimum atomic E-state index is -1.23. The molecule has 1 fully saturated rings. The summed E-state index contributed by atoms with van der Waals surface area (Å²) >= 11 is 0. The number of carboxylic acids is 1. The molecule has 3 aromatic carbocycles. The normalized spacial score (nSPS) is 21.5. The van der Waals surface area contributed by atoms with Crippen LogP contribution in [0.5, 0.6) is 0 Å². The van der Waals surface area contributed by atoms with E-state index in [1.807, 2.05) is 109 Å². The number of allylic oxidation sites excluding steroid dienone is 2. The molecule has 6 rings (SSSR count). The molecule has 3 aliphatic rings. The van der Waals surface area contributed by atoms with Gasteiger partial charge in [0.05, 0.1) is 36.3 Å². The third kappa shape index (κ3) is 5.07. The number of nitrogens with zero attached hydrogens (tertiary/aromatic N) is 4. The van der Waals surface area contributed by atoms with Gasteiger partial charge < -0.3 is 19.6 Å². The smallest absolute Gasteiger partial charge is 0.329 e. The Balaban J connectivity index is 1.30. The molecular formula is C32H30N4O5. The Morgan fingerprint density at radius 2 is 1.44 bits per heavy atom. The number of carbonyl (C=O) groups is 3. The number of ether oxygens (including phenoxy) is 1. The van der Waals surface area contributed by atoms with Crippen molar-refractivity contribution in [2.75, 3.05) is 29.4 Å². The summed E-state index contributed by atoms with van der Waals surface area (Å²) in [5.41, 5.74) is 2.86. The van der Waals surface area contributed by atoms with E-state index in [1.54, 1.807) is 9.80 Å². The molecule has 3 atom stereocenters. The number of aliphatic carboxylic acids is 1. The molecule has 1 N–H and O–H groups in total. The van der Waals surface area contributed by atoms with Crippen molar-refractivity contribution in [1.29, 1.82) is 0 Å². The van der Waals surface area contributed by atoms with Crippen LogP contribution in [0.1, 0.15) is 5.56 Å². The van der Waals surface area contributed by atoms with Gasteiger partial charge in [-0.05, 0) is 30.3 Å². The van der Waals surface area contributed by atoms with Crippen LogP contribution < -0.4 is 9.80 Å². The first-order valence-electron chi connectivity index (χ1n) is 13.6. The van der Waals surface area contributed by atoms with Gasteiger partial charge in [0.1, 0.15) is 12.1 Å². The predicted octanol–water partition coefficient (Wildman–Crippen LogP) is 5.04. The van der Waals surface area contributed by atoms with E-state index in [1.165, 1.54) is 9.80 Å². The highest BCUT2D eigenvalue weighted by molar-refractivity contribution is 6.01. The number of hydrogen-bond donors (Lipinski definition) is 1. The van der Waals surface area contributed by atoms with Crippen LogP contribution in [-0.2, 0) is 16.1 Å². The van der Waals surface area contributed by atoms with Crippen molar-refractivity contribution in [3.05, 3.63) is 115 Å². The van der Waals surface area contributed by atoms with Crippen LogP contribution >= 0.6 is 0 Å². The van der Waals surface area contributed by atoms with Crippen molar-refractivity contribution in [2.24, 2.45) is 0 Å². The Hall–Kier alpha value is -4.89. The Kier molecular flexibility index (Phi) is 7.26. The SMILES string of the molecule is O=C(O)[C@@H]1CN(C(=O)N(c2ccccc2)c2ccccc2)CCN1C(=O)N1c2ccccc2COC2C=CC=CC21. The summed E-state index contributed by atoms with van der Waals surface area (Å²) in [5, 5.41) is 10.3. The lowest BCUT2D eigenvalue weighted by Gasteiger charge is -2.44. The molecule has 9 nitrogen and oxygen atoms in total. The van der Waals surface area contributed by atoms with Gasteiger partial charge in [0.2, 0.25) is 0 Å². The van der Waals surface area contributed by atoms with Crippen molar-refractivity contribution in [3.8, 4) is 0 Å². The maximum absolute atomic E-state index is 14.3. The van der Waals surface area contributed by atoms with Gasteiger partial charge in [0.15, 0.2) is 0 Å². The zero-order valence-electron chi connectivity index (χ0n) is 22.3.